The molecule has 6 aromatic rings. The fourth-order valence-corrected chi connectivity index (χ4v) is 4.83. The molecule has 9 nitrogen and oxygen atoms in total. The van der Waals surface area contributed by atoms with E-state index in [9.17, 15) is 9.59 Å². The van der Waals surface area contributed by atoms with Gasteiger partial charge in [0, 0.05) is 23.4 Å². The number of ketones is 1. The molecule has 0 unspecified atom stereocenters. The van der Waals surface area contributed by atoms with Crippen molar-refractivity contribution in [2.45, 2.75) is 6.92 Å². The number of amides is 1. The van der Waals surface area contributed by atoms with Gasteiger partial charge in [0.25, 0.3) is 5.91 Å². The van der Waals surface area contributed by atoms with E-state index in [-0.39, 0.29) is 16.5 Å². The fourth-order valence-electron chi connectivity index (χ4n) is 3.94. The highest BCUT2D eigenvalue weighted by molar-refractivity contribution is 7.10. The lowest BCUT2D eigenvalue weighted by Crippen LogP contribution is -2.24. The van der Waals surface area contributed by atoms with E-state index in [0.717, 1.165) is 28.0 Å². The van der Waals surface area contributed by atoms with Crippen LogP contribution in [0.2, 0.25) is 5.02 Å². The second-order valence-electron chi connectivity index (χ2n) is 8.50. The van der Waals surface area contributed by atoms with E-state index < -0.39 is 5.91 Å². The van der Waals surface area contributed by atoms with Gasteiger partial charge in [-0.3, -0.25) is 9.59 Å². The highest BCUT2D eigenvalue weighted by Crippen LogP contribution is 2.30. The van der Waals surface area contributed by atoms with E-state index >= 15 is 0 Å². The number of Topliss-reactive ketones (excluding diaryl/α,β-unsaturated/α-hetero) is 1. The van der Waals surface area contributed by atoms with E-state index in [4.69, 9.17) is 16.0 Å². The number of hydrogen-bond donors (Lipinski definition) is 1. The zero-order valence-electron chi connectivity index (χ0n) is 20.4. The van der Waals surface area contributed by atoms with E-state index in [2.05, 4.69) is 20.7 Å². The molecule has 1 amide bonds. The van der Waals surface area contributed by atoms with E-state index in [1.165, 1.54) is 11.6 Å². The van der Waals surface area contributed by atoms with Gasteiger partial charge >= 0.3 is 0 Å². The minimum atomic E-state index is -0.539. The molecule has 0 aliphatic carbocycles. The number of fused-ring (bicyclic) bond motifs is 1. The van der Waals surface area contributed by atoms with Gasteiger partial charge in [0.05, 0.1) is 11.4 Å². The Balaban J connectivity index is 1.39. The zero-order valence-corrected chi connectivity index (χ0v) is 22.0. The number of hydrogen-bond acceptors (Lipinski definition) is 7. The van der Waals surface area contributed by atoms with Crippen LogP contribution in [-0.4, -0.2) is 31.3 Å². The number of rotatable bonds is 6. The van der Waals surface area contributed by atoms with Crippen molar-refractivity contribution >= 4 is 45.6 Å². The van der Waals surface area contributed by atoms with Crippen molar-refractivity contribution in [2.75, 3.05) is 0 Å². The van der Waals surface area contributed by atoms with Gasteiger partial charge in [-0.2, -0.15) is 10.2 Å². The van der Waals surface area contributed by atoms with Gasteiger partial charge in [-0.1, -0.05) is 59.3 Å². The summed E-state index contributed by atoms with van der Waals surface area (Å²) in [4.78, 5) is 25.5. The number of nitrogens with zero attached hydrogens (tertiary/aromatic N) is 5. The number of benzene rings is 3. The largest absolute Gasteiger partial charge is 0.454 e. The first-order valence-corrected chi connectivity index (χ1v) is 13.0. The lowest BCUT2D eigenvalue weighted by molar-refractivity contribution is 0.0946. The van der Waals surface area contributed by atoms with Gasteiger partial charge in [0.1, 0.15) is 11.3 Å². The summed E-state index contributed by atoms with van der Waals surface area (Å²) in [7, 11) is 0. The number of aromatic nitrogens is 4. The predicted molar refractivity (Wildman–Crippen MR) is 148 cm³/mol. The number of nitrogens with one attached hydrogen (secondary N) is 1. The smallest absolute Gasteiger partial charge is 0.291 e. The number of carbonyl (C=O) groups excluding carboxylic acids is 2. The average molecular weight is 555 g/mol. The molecule has 0 spiro atoms. The molecule has 0 aliphatic heterocycles. The summed E-state index contributed by atoms with van der Waals surface area (Å²) in [6.07, 6.45) is 0. The Morgan fingerprint density at radius 1 is 0.897 bits per heavy atom. The molecule has 192 valence electrons. The Labute approximate surface area is 230 Å². The summed E-state index contributed by atoms with van der Waals surface area (Å²) >= 11 is 7.07. The Kier molecular flexibility index (Phi) is 6.39. The minimum absolute atomic E-state index is 0.132. The van der Waals surface area contributed by atoms with Gasteiger partial charge < -0.3 is 4.42 Å². The minimum Gasteiger partial charge on any atom is -0.454 e. The zero-order chi connectivity index (χ0) is 26.9. The van der Waals surface area contributed by atoms with Crippen LogP contribution in [0.25, 0.3) is 33.8 Å². The fraction of sp³-hybridized carbons (Fsp3) is 0.0357. The van der Waals surface area contributed by atoms with Crippen molar-refractivity contribution in [3.05, 3.63) is 112 Å². The van der Waals surface area contributed by atoms with Crippen molar-refractivity contribution < 1.29 is 14.0 Å². The molecule has 3 aromatic carbocycles. The molecule has 0 saturated heterocycles. The first-order chi connectivity index (χ1) is 19.0. The summed E-state index contributed by atoms with van der Waals surface area (Å²) in [5, 5.41) is 14.9. The van der Waals surface area contributed by atoms with Crippen molar-refractivity contribution in [1.82, 2.24) is 25.0 Å². The van der Waals surface area contributed by atoms with E-state index in [1.807, 2.05) is 60.7 Å². The van der Waals surface area contributed by atoms with Crippen LogP contribution >= 0.6 is 22.9 Å². The summed E-state index contributed by atoms with van der Waals surface area (Å²) in [6, 6.07) is 27.6. The van der Waals surface area contributed by atoms with Crippen molar-refractivity contribution in [1.29, 1.82) is 0 Å². The maximum Gasteiger partial charge on any atom is 0.291 e. The maximum absolute atomic E-state index is 13.2. The Morgan fingerprint density at radius 2 is 1.62 bits per heavy atom. The van der Waals surface area contributed by atoms with Gasteiger partial charge in [0.15, 0.2) is 22.2 Å². The molecule has 3 heterocycles. The molecule has 0 bridgehead atoms. The Morgan fingerprint density at radius 3 is 2.36 bits per heavy atom. The van der Waals surface area contributed by atoms with Gasteiger partial charge in [-0.25, -0.2) is 14.8 Å². The number of halogens is 1. The van der Waals surface area contributed by atoms with Crippen LogP contribution < -0.4 is 10.2 Å². The van der Waals surface area contributed by atoms with E-state index in [0.29, 0.717) is 27.0 Å². The number of furan rings is 1. The third-order valence-electron chi connectivity index (χ3n) is 5.81. The van der Waals surface area contributed by atoms with Gasteiger partial charge in [-0.15, -0.1) is 5.10 Å². The monoisotopic (exact) mass is 554 g/mol. The molecule has 6 rings (SSSR count). The molecule has 11 heteroatoms. The molecule has 1 N–H and O–H groups in total. The average Bonchev–Trinajstić information content (AvgIpc) is 3.69. The number of carbonyl (C=O) groups is 2. The predicted octanol–water partition coefficient (Wildman–Crippen LogP) is 5.63. The van der Waals surface area contributed by atoms with Crippen LogP contribution in [0.4, 0.5) is 0 Å². The molecule has 0 atom stereocenters. The standard InChI is InChI=1S/C28H19ClN6O3S/c1-17(36)27-33-35(21-13-11-19(29)12-14-21)28(39-27)31-30-26(37)22-16-23(34(32-22)20-8-3-2-4-9-20)25-15-18-7-5-6-10-24(18)38-25/h2-16H,1H3,(H,30,37)/b31-28-. The molecule has 0 aliphatic rings. The van der Waals surface area contributed by atoms with Crippen LogP contribution in [0.15, 0.2) is 101 Å². The molecular weight excluding hydrogens is 536 g/mol. The first kappa shape index (κ1) is 24.5. The van der Waals surface area contributed by atoms with Crippen LogP contribution in [0.5, 0.6) is 0 Å². The van der Waals surface area contributed by atoms with Crippen LogP contribution in [-0.2, 0) is 0 Å². The lowest BCUT2D eigenvalue weighted by atomic mass is 10.2. The maximum atomic E-state index is 13.2. The van der Waals surface area contributed by atoms with Crippen molar-refractivity contribution in [3.63, 3.8) is 0 Å². The second-order valence-corrected chi connectivity index (χ2v) is 9.89. The molecule has 3 aromatic heterocycles. The van der Waals surface area contributed by atoms with Crippen molar-refractivity contribution in [3.8, 4) is 22.8 Å². The number of para-hydroxylation sites is 2. The quantitative estimate of drug-likeness (QED) is 0.212. The summed E-state index contributed by atoms with van der Waals surface area (Å²) in [5.74, 6) is -0.187. The van der Waals surface area contributed by atoms with Crippen LogP contribution in [0.1, 0.15) is 27.2 Å². The summed E-state index contributed by atoms with van der Waals surface area (Å²) in [6.45, 7) is 1.42. The van der Waals surface area contributed by atoms with Crippen LogP contribution in [0, 0.1) is 0 Å². The molecule has 0 radical (unpaired) electrons. The third-order valence-corrected chi connectivity index (χ3v) is 7.07. The molecule has 0 fully saturated rings. The lowest BCUT2D eigenvalue weighted by Gasteiger charge is -2.04. The molecule has 0 saturated carbocycles. The third kappa shape index (κ3) is 4.90. The van der Waals surface area contributed by atoms with Crippen LogP contribution in [0.3, 0.4) is 0 Å². The van der Waals surface area contributed by atoms with Crippen molar-refractivity contribution in [2.24, 2.45) is 5.10 Å². The van der Waals surface area contributed by atoms with Gasteiger partial charge in [0.2, 0.25) is 4.80 Å². The molecular formula is C28H19ClN6O3S. The normalized spacial score (nSPS) is 11.7. The van der Waals surface area contributed by atoms with E-state index in [1.54, 1.807) is 35.0 Å². The molecule has 39 heavy (non-hydrogen) atoms. The first-order valence-electron chi connectivity index (χ1n) is 11.8. The highest BCUT2D eigenvalue weighted by Gasteiger charge is 2.20. The second kappa shape index (κ2) is 10.2. The SMILES string of the molecule is CC(=O)c1nn(-c2ccc(Cl)cc2)/c(=N/NC(=O)c2cc(-c3cc4ccccc4o3)n(-c3ccccc3)n2)s1. The topological polar surface area (TPSA) is 107 Å². The Hall–Kier alpha value is -4.80. The van der Waals surface area contributed by atoms with Gasteiger partial charge in [-0.05, 0) is 48.5 Å². The summed E-state index contributed by atoms with van der Waals surface area (Å²) < 4.78 is 9.20. The summed E-state index contributed by atoms with van der Waals surface area (Å²) in [5.41, 5.74) is 5.42. The highest BCUT2D eigenvalue weighted by atomic mass is 35.5. The Bertz CT molecular complexity index is 1870.